The molecule has 150 valence electrons. The molecule has 0 aliphatic carbocycles. The van der Waals surface area contributed by atoms with Crippen LogP contribution >= 0.6 is 0 Å². The van der Waals surface area contributed by atoms with Crippen LogP contribution in [0.3, 0.4) is 0 Å². The molecule has 6 nitrogen and oxygen atoms in total. The molecule has 6 heteroatoms. The van der Waals surface area contributed by atoms with Gasteiger partial charge in [0.25, 0.3) is 0 Å². The topological polar surface area (TPSA) is 74.2 Å². The molecule has 0 bridgehead atoms. The first kappa shape index (κ1) is 21.3. The van der Waals surface area contributed by atoms with Crippen LogP contribution in [-0.4, -0.2) is 44.6 Å². The quantitative estimate of drug-likeness (QED) is 0.633. The van der Waals surface area contributed by atoms with Gasteiger partial charge in [-0.15, -0.1) is 0 Å². The molecule has 0 fully saturated rings. The van der Waals surface area contributed by atoms with Crippen LogP contribution in [0.2, 0.25) is 0 Å². The number of methoxy groups -OCH3 is 2. The minimum atomic E-state index is -0.957. The first-order chi connectivity index (χ1) is 13.5. The van der Waals surface area contributed by atoms with Crippen LogP contribution in [0.5, 0.6) is 17.2 Å². The van der Waals surface area contributed by atoms with E-state index in [2.05, 4.69) is 0 Å². The number of hydrogen-bond acceptors (Lipinski definition) is 5. The maximum absolute atomic E-state index is 11.2. The first-order valence-corrected chi connectivity index (χ1v) is 9.01. The van der Waals surface area contributed by atoms with E-state index in [1.54, 1.807) is 21.1 Å². The van der Waals surface area contributed by atoms with Gasteiger partial charge in [0.15, 0.2) is 6.10 Å². The number of ether oxygens (including phenoxy) is 4. The van der Waals surface area contributed by atoms with E-state index in [1.807, 2.05) is 54.6 Å². The molecule has 28 heavy (non-hydrogen) atoms. The minimum absolute atomic E-state index is 0.320. The number of carboxylic acid groups (broad SMARTS) is 1. The molecule has 2 aromatic carbocycles. The molecule has 2 rings (SSSR count). The third-order valence-electron chi connectivity index (χ3n) is 4.02. The molecule has 2 aromatic rings. The number of aliphatic carboxylic acids is 1. The highest BCUT2D eigenvalue weighted by atomic mass is 16.5. The van der Waals surface area contributed by atoms with Gasteiger partial charge in [0.2, 0.25) is 0 Å². The summed E-state index contributed by atoms with van der Waals surface area (Å²) < 4.78 is 21.4. The van der Waals surface area contributed by atoms with Crippen molar-refractivity contribution in [1.82, 2.24) is 0 Å². The van der Waals surface area contributed by atoms with Crippen molar-refractivity contribution < 1.29 is 28.8 Å². The predicted molar refractivity (Wildman–Crippen MR) is 107 cm³/mol. The summed E-state index contributed by atoms with van der Waals surface area (Å²) >= 11 is 0. The molecule has 0 aromatic heterocycles. The Morgan fingerprint density at radius 3 is 2.21 bits per heavy atom. The van der Waals surface area contributed by atoms with Crippen LogP contribution in [0, 0.1) is 0 Å². The smallest absolute Gasteiger partial charge is 0.333 e. The number of carbonyl (C=O) groups is 1. The minimum Gasteiger partial charge on any atom is -0.497 e. The van der Waals surface area contributed by atoms with Gasteiger partial charge in [0.05, 0.1) is 14.2 Å². The van der Waals surface area contributed by atoms with Gasteiger partial charge >= 0.3 is 5.97 Å². The van der Waals surface area contributed by atoms with Gasteiger partial charge in [-0.3, -0.25) is 0 Å². The van der Waals surface area contributed by atoms with Crippen molar-refractivity contribution in [3.63, 3.8) is 0 Å². The van der Waals surface area contributed by atoms with E-state index >= 15 is 0 Å². The molecule has 0 aliphatic rings. The van der Waals surface area contributed by atoms with Gasteiger partial charge in [-0.05, 0) is 48.4 Å². The fraction of sp³-hybridized carbons (Fsp3) is 0.318. The highest BCUT2D eigenvalue weighted by Crippen LogP contribution is 2.23. The van der Waals surface area contributed by atoms with E-state index in [0.717, 1.165) is 22.6 Å². The molecule has 1 N–H and O–H groups in total. The standard InChI is InChI=1S/C22H26O6/c1-4-27-21(22(23)24)14-16-7-9-18(10-8-16)28-11-5-6-17-12-19(25-2)15-20(13-17)26-3/h5-10,12-13,15,21H,4,11,14H2,1-3H3,(H,23,24)/b6-5+. The largest absolute Gasteiger partial charge is 0.497 e. The number of hydrogen-bond donors (Lipinski definition) is 1. The average Bonchev–Trinajstić information content (AvgIpc) is 2.71. The summed E-state index contributed by atoms with van der Waals surface area (Å²) in [6, 6.07) is 13.0. The van der Waals surface area contributed by atoms with Crippen LogP contribution in [0.4, 0.5) is 0 Å². The SMILES string of the molecule is CCOC(Cc1ccc(OC/C=C/c2cc(OC)cc(OC)c2)cc1)C(=O)O. The van der Waals surface area contributed by atoms with Crippen molar-refractivity contribution in [2.45, 2.75) is 19.4 Å². The second-order valence-corrected chi connectivity index (χ2v) is 5.99. The lowest BCUT2D eigenvalue weighted by molar-refractivity contribution is -0.149. The van der Waals surface area contributed by atoms with E-state index in [1.165, 1.54) is 0 Å². The Hall–Kier alpha value is -2.99. The van der Waals surface area contributed by atoms with Crippen molar-refractivity contribution in [3.05, 3.63) is 59.7 Å². The van der Waals surface area contributed by atoms with Gasteiger partial charge in [-0.1, -0.05) is 18.2 Å². The van der Waals surface area contributed by atoms with Crippen molar-refractivity contribution in [2.75, 3.05) is 27.4 Å². The molecule has 1 unspecified atom stereocenters. The zero-order valence-electron chi connectivity index (χ0n) is 16.4. The third-order valence-corrected chi connectivity index (χ3v) is 4.02. The zero-order valence-corrected chi connectivity index (χ0v) is 16.4. The second-order valence-electron chi connectivity index (χ2n) is 5.99. The van der Waals surface area contributed by atoms with E-state index in [0.29, 0.717) is 25.4 Å². The Morgan fingerprint density at radius 1 is 1.04 bits per heavy atom. The summed E-state index contributed by atoms with van der Waals surface area (Å²) in [5.74, 6) is 1.20. The summed E-state index contributed by atoms with van der Waals surface area (Å²) in [5.41, 5.74) is 1.83. The van der Waals surface area contributed by atoms with Crippen LogP contribution < -0.4 is 14.2 Å². The summed E-state index contributed by atoms with van der Waals surface area (Å²) in [6.45, 7) is 2.54. The van der Waals surface area contributed by atoms with Crippen LogP contribution in [-0.2, 0) is 16.0 Å². The molecule has 0 amide bonds. The number of rotatable bonds is 11. The lowest BCUT2D eigenvalue weighted by Gasteiger charge is -2.12. The summed E-state index contributed by atoms with van der Waals surface area (Å²) in [5, 5.41) is 9.15. The summed E-state index contributed by atoms with van der Waals surface area (Å²) in [7, 11) is 3.23. The Kier molecular flexibility index (Phi) is 8.37. The molecule has 1 atom stereocenters. The molecule has 0 aliphatic heterocycles. The van der Waals surface area contributed by atoms with Gasteiger partial charge in [-0.2, -0.15) is 0 Å². The van der Waals surface area contributed by atoms with Crippen molar-refractivity contribution in [2.24, 2.45) is 0 Å². The highest BCUT2D eigenvalue weighted by molar-refractivity contribution is 5.72. The lowest BCUT2D eigenvalue weighted by atomic mass is 10.1. The van der Waals surface area contributed by atoms with Gasteiger partial charge in [-0.25, -0.2) is 4.79 Å². The maximum Gasteiger partial charge on any atom is 0.333 e. The fourth-order valence-electron chi connectivity index (χ4n) is 2.61. The Labute approximate surface area is 165 Å². The maximum atomic E-state index is 11.2. The average molecular weight is 386 g/mol. The van der Waals surface area contributed by atoms with E-state index in [9.17, 15) is 4.79 Å². The molecule has 0 radical (unpaired) electrons. The zero-order chi connectivity index (χ0) is 20.4. The molecular formula is C22H26O6. The lowest BCUT2D eigenvalue weighted by Crippen LogP contribution is -2.26. The van der Waals surface area contributed by atoms with Gasteiger partial charge in [0, 0.05) is 19.1 Å². The van der Waals surface area contributed by atoms with E-state index in [4.69, 9.17) is 24.1 Å². The highest BCUT2D eigenvalue weighted by Gasteiger charge is 2.17. The van der Waals surface area contributed by atoms with Crippen LogP contribution in [0.15, 0.2) is 48.5 Å². The van der Waals surface area contributed by atoms with Crippen molar-refractivity contribution in [1.29, 1.82) is 0 Å². The second kappa shape index (κ2) is 11.0. The normalized spacial score (nSPS) is 12.0. The molecule has 0 saturated carbocycles. The fourth-order valence-corrected chi connectivity index (χ4v) is 2.61. The molecule has 0 saturated heterocycles. The first-order valence-electron chi connectivity index (χ1n) is 9.01. The van der Waals surface area contributed by atoms with E-state index in [-0.39, 0.29) is 0 Å². The van der Waals surface area contributed by atoms with Crippen molar-refractivity contribution >= 4 is 12.0 Å². The monoisotopic (exact) mass is 386 g/mol. The Bertz CT molecular complexity index is 760. The molecular weight excluding hydrogens is 360 g/mol. The predicted octanol–water partition coefficient (Wildman–Crippen LogP) is 3.83. The van der Waals surface area contributed by atoms with Gasteiger partial charge in [0.1, 0.15) is 23.9 Å². The van der Waals surface area contributed by atoms with Crippen molar-refractivity contribution in [3.8, 4) is 17.2 Å². The third kappa shape index (κ3) is 6.63. The molecule has 0 heterocycles. The summed E-state index contributed by atoms with van der Waals surface area (Å²) in [4.78, 5) is 11.2. The van der Waals surface area contributed by atoms with E-state index < -0.39 is 12.1 Å². The van der Waals surface area contributed by atoms with Crippen LogP contribution in [0.25, 0.3) is 6.08 Å². The van der Waals surface area contributed by atoms with Gasteiger partial charge < -0.3 is 24.1 Å². The number of carboxylic acids is 1. The Balaban J connectivity index is 1.89. The Morgan fingerprint density at radius 2 is 1.68 bits per heavy atom. The summed E-state index contributed by atoms with van der Waals surface area (Å²) in [6.07, 6.45) is 3.32. The number of benzene rings is 2. The van der Waals surface area contributed by atoms with Crippen LogP contribution in [0.1, 0.15) is 18.1 Å². The molecule has 0 spiro atoms.